The van der Waals surface area contributed by atoms with Crippen LogP contribution in [0.1, 0.15) is 46.1 Å². The van der Waals surface area contributed by atoms with Crippen LogP contribution in [-0.2, 0) is 6.54 Å². The molecule has 33 heavy (non-hydrogen) atoms. The summed E-state index contributed by atoms with van der Waals surface area (Å²) in [7, 11) is 0. The molecule has 0 amide bonds. The Morgan fingerprint density at radius 3 is 2.64 bits per heavy atom. The van der Waals surface area contributed by atoms with E-state index >= 15 is 0 Å². The van der Waals surface area contributed by atoms with Gasteiger partial charge in [0.1, 0.15) is 11.6 Å². The summed E-state index contributed by atoms with van der Waals surface area (Å²) in [6.07, 6.45) is 3.49. The third kappa shape index (κ3) is 3.82. The highest BCUT2D eigenvalue weighted by Crippen LogP contribution is 2.43. The summed E-state index contributed by atoms with van der Waals surface area (Å²) in [5.41, 5.74) is 5.74. The minimum absolute atomic E-state index is 0.145. The first-order chi connectivity index (χ1) is 15.9. The number of furan rings is 1. The van der Waals surface area contributed by atoms with Crippen LogP contribution in [0.5, 0.6) is 0 Å². The molecule has 2 atom stereocenters. The van der Waals surface area contributed by atoms with Crippen molar-refractivity contribution in [2.24, 2.45) is 0 Å². The summed E-state index contributed by atoms with van der Waals surface area (Å²) in [6, 6.07) is 16.8. The van der Waals surface area contributed by atoms with Crippen LogP contribution in [0.4, 0.5) is 10.1 Å². The fourth-order valence-electron chi connectivity index (χ4n) is 4.66. The molecule has 1 N–H and O–H groups in total. The smallest absolute Gasteiger partial charge is 0.174 e. The summed E-state index contributed by atoms with van der Waals surface area (Å²) >= 11 is 5.80. The largest absolute Gasteiger partial charge is 0.467 e. The van der Waals surface area contributed by atoms with E-state index in [0.717, 1.165) is 34.1 Å². The second-order valence-electron chi connectivity index (χ2n) is 8.42. The van der Waals surface area contributed by atoms with Crippen LogP contribution in [0.15, 0.2) is 71.5 Å². The fraction of sp³-hybridized carbons (Fsp3) is 0.231. The average molecular weight is 461 g/mol. The van der Waals surface area contributed by atoms with Crippen molar-refractivity contribution in [1.82, 2.24) is 14.9 Å². The molecule has 4 heterocycles. The van der Waals surface area contributed by atoms with Gasteiger partial charge >= 0.3 is 0 Å². The van der Waals surface area contributed by atoms with E-state index in [0.29, 0.717) is 17.2 Å². The zero-order chi connectivity index (χ0) is 23.1. The lowest BCUT2D eigenvalue weighted by molar-refractivity contribution is 0.488. The molecule has 1 fully saturated rings. The van der Waals surface area contributed by atoms with Gasteiger partial charge in [-0.3, -0.25) is 4.98 Å². The molecule has 0 radical (unpaired) electrons. The van der Waals surface area contributed by atoms with E-state index < -0.39 is 0 Å². The van der Waals surface area contributed by atoms with Crippen molar-refractivity contribution < 1.29 is 8.81 Å². The highest BCUT2D eigenvalue weighted by molar-refractivity contribution is 7.80. The number of aryl methyl sites for hydroxylation is 2. The molecule has 5 rings (SSSR count). The van der Waals surface area contributed by atoms with Crippen LogP contribution in [0.3, 0.4) is 0 Å². The maximum Gasteiger partial charge on any atom is 0.174 e. The Labute approximate surface area is 197 Å². The van der Waals surface area contributed by atoms with Gasteiger partial charge in [-0.25, -0.2) is 4.39 Å². The standard InChI is InChI=1S/C26H25FN4OS/c1-16-13-19(9-10-22(16)27)31-25(24(29-26(31)33)23-8-4-5-11-28-23)21-14-17(2)30(18(21)3)15-20-7-6-12-32-20/h4-14,24-25H,15H2,1-3H3,(H,29,33). The van der Waals surface area contributed by atoms with Crippen LogP contribution in [0, 0.1) is 26.6 Å². The Morgan fingerprint density at radius 1 is 1.09 bits per heavy atom. The summed E-state index contributed by atoms with van der Waals surface area (Å²) in [4.78, 5) is 6.70. The number of nitrogens with zero attached hydrogens (tertiary/aromatic N) is 3. The van der Waals surface area contributed by atoms with E-state index in [2.05, 4.69) is 39.7 Å². The van der Waals surface area contributed by atoms with Gasteiger partial charge in [0, 0.05) is 23.3 Å². The second-order valence-corrected chi connectivity index (χ2v) is 8.81. The lowest BCUT2D eigenvalue weighted by Gasteiger charge is -2.28. The van der Waals surface area contributed by atoms with E-state index in [1.54, 1.807) is 25.5 Å². The third-order valence-corrected chi connectivity index (χ3v) is 6.66. The van der Waals surface area contributed by atoms with Crippen LogP contribution >= 0.6 is 12.2 Å². The predicted octanol–water partition coefficient (Wildman–Crippen LogP) is 5.77. The van der Waals surface area contributed by atoms with Crippen molar-refractivity contribution in [3.05, 3.63) is 107 Å². The number of benzene rings is 1. The molecule has 1 saturated heterocycles. The third-order valence-electron chi connectivity index (χ3n) is 6.34. The maximum absolute atomic E-state index is 14.1. The molecule has 0 saturated carbocycles. The number of hydrogen-bond acceptors (Lipinski definition) is 3. The Bertz CT molecular complexity index is 1300. The quantitative estimate of drug-likeness (QED) is 0.383. The fourth-order valence-corrected chi connectivity index (χ4v) is 5.00. The van der Waals surface area contributed by atoms with E-state index in [1.807, 2.05) is 36.4 Å². The summed E-state index contributed by atoms with van der Waals surface area (Å²) in [6.45, 7) is 6.64. The van der Waals surface area contributed by atoms with Gasteiger partial charge < -0.3 is 19.2 Å². The van der Waals surface area contributed by atoms with Gasteiger partial charge in [0.2, 0.25) is 0 Å². The normalized spacial score (nSPS) is 18.1. The van der Waals surface area contributed by atoms with Gasteiger partial charge in [-0.1, -0.05) is 6.07 Å². The Kier molecular flexibility index (Phi) is 5.50. The average Bonchev–Trinajstić information content (AvgIpc) is 3.51. The number of anilines is 1. The first-order valence-electron chi connectivity index (χ1n) is 10.9. The van der Waals surface area contributed by atoms with Crippen LogP contribution in [-0.4, -0.2) is 14.7 Å². The maximum atomic E-state index is 14.1. The molecule has 168 valence electrons. The lowest BCUT2D eigenvalue weighted by Crippen LogP contribution is -2.29. The zero-order valence-corrected chi connectivity index (χ0v) is 19.6. The number of thiocarbonyl (C=S) groups is 1. The molecule has 3 aromatic heterocycles. The van der Waals surface area contributed by atoms with Gasteiger partial charge in [0.25, 0.3) is 0 Å². The Balaban J connectivity index is 1.64. The van der Waals surface area contributed by atoms with Crippen molar-refractivity contribution in [2.75, 3.05) is 4.90 Å². The molecule has 4 aromatic rings. The van der Waals surface area contributed by atoms with E-state index in [4.69, 9.17) is 16.6 Å². The number of pyridine rings is 1. The van der Waals surface area contributed by atoms with Crippen LogP contribution in [0.25, 0.3) is 0 Å². The SMILES string of the molecule is Cc1cc(N2C(=S)NC(c3ccccn3)C2c2cc(C)n(Cc3ccco3)c2C)ccc1F. The summed E-state index contributed by atoms with van der Waals surface area (Å²) in [5.74, 6) is 0.669. The predicted molar refractivity (Wildman–Crippen MR) is 131 cm³/mol. The highest BCUT2D eigenvalue weighted by atomic mass is 32.1. The number of nitrogens with one attached hydrogen (secondary N) is 1. The molecule has 0 aliphatic carbocycles. The second kappa shape index (κ2) is 8.48. The van der Waals surface area contributed by atoms with Gasteiger partial charge in [0.05, 0.1) is 30.6 Å². The van der Waals surface area contributed by atoms with E-state index in [-0.39, 0.29) is 17.9 Å². The monoisotopic (exact) mass is 460 g/mol. The van der Waals surface area contributed by atoms with Gasteiger partial charge in [0.15, 0.2) is 5.11 Å². The van der Waals surface area contributed by atoms with Crippen molar-refractivity contribution in [1.29, 1.82) is 0 Å². The highest BCUT2D eigenvalue weighted by Gasteiger charge is 2.42. The molecule has 7 heteroatoms. The molecule has 1 aromatic carbocycles. The lowest BCUT2D eigenvalue weighted by atomic mass is 9.96. The van der Waals surface area contributed by atoms with Gasteiger partial charge in [-0.05, 0) is 92.6 Å². The van der Waals surface area contributed by atoms with Crippen molar-refractivity contribution >= 4 is 23.0 Å². The van der Waals surface area contributed by atoms with Crippen LogP contribution in [0.2, 0.25) is 0 Å². The molecular weight excluding hydrogens is 435 g/mol. The van der Waals surface area contributed by atoms with Crippen molar-refractivity contribution in [3.63, 3.8) is 0 Å². The molecule has 2 unspecified atom stereocenters. The first-order valence-corrected chi connectivity index (χ1v) is 11.3. The summed E-state index contributed by atoms with van der Waals surface area (Å²) < 4.78 is 21.9. The Hall–Kier alpha value is -3.45. The molecule has 5 nitrogen and oxygen atoms in total. The molecule has 0 bridgehead atoms. The van der Waals surface area contributed by atoms with Crippen LogP contribution < -0.4 is 10.2 Å². The minimum atomic E-state index is -0.230. The van der Waals surface area contributed by atoms with E-state index in [9.17, 15) is 4.39 Å². The summed E-state index contributed by atoms with van der Waals surface area (Å²) in [5, 5.41) is 4.07. The molecule has 1 aliphatic rings. The molecule has 1 aliphatic heterocycles. The van der Waals surface area contributed by atoms with Gasteiger partial charge in [-0.15, -0.1) is 0 Å². The topological polar surface area (TPSA) is 46.2 Å². The van der Waals surface area contributed by atoms with Crippen molar-refractivity contribution in [3.8, 4) is 0 Å². The number of hydrogen-bond donors (Lipinski definition) is 1. The first kappa shape index (κ1) is 21.4. The molecular formula is C26H25FN4OS. The van der Waals surface area contributed by atoms with E-state index in [1.165, 1.54) is 6.07 Å². The van der Waals surface area contributed by atoms with Crippen molar-refractivity contribution in [2.45, 2.75) is 39.4 Å². The molecule has 0 spiro atoms. The number of halogens is 1. The zero-order valence-electron chi connectivity index (χ0n) is 18.7. The number of aromatic nitrogens is 2. The minimum Gasteiger partial charge on any atom is -0.467 e. The number of rotatable bonds is 5. The van der Waals surface area contributed by atoms with Gasteiger partial charge in [-0.2, -0.15) is 0 Å². The Morgan fingerprint density at radius 2 is 1.94 bits per heavy atom.